The van der Waals surface area contributed by atoms with Crippen molar-refractivity contribution in [1.29, 1.82) is 0 Å². The quantitative estimate of drug-likeness (QED) is 0.333. The Labute approximate surface area is 212 Å². The van der Waals surface area contributed by atoms with Crippen LogP contribution >= 0.6 is 0 Å². The second kappa shape index (κ2) is 10.1. The van der Waals surface area contributed by atoms with Gasteiger partial charge in [-0.3, -0.25) is 14.5 Å². The summed E-state index contributed by atoms with van der Waals surface area (Å²) in [6, 6.07) is 17.8. The molecule has 0 radical (unpaired) electrons. The molecule has 0 saturated heterocycles. The molecule has 2 N–H and O–H groups in total. The van der Waals surface area contributed by atoms with Crippen LogP contribution < -0.4 is 10.0 Å². The maximum absolute atomic E-state index is 13.0. The first kappa shape index (κ1) is 25.4. The highest BCUT2D eigenvalue weighted by Crippen LogP contribution is 2.27. The van der Waals surface area contributed by atoms with E-state index in [1.165, 1.54) is 0 Å². The van der Waals surface area contributed by atoms with Crippen LogP contribution in [-0.2, 0) is 28.5 Å². The molecule has 0 atom stereocenters. The molecular formula is C28H32N4O3S. The molecule has 2 heterocycles. The smallest absolute Gasteiger partial charge is 0.268 e. The van der Waals surface area contributed by atoms with Crippen LogP contribution in [0.5, 0.6) is 0 Å². The lowest BCUT2D eigenvalue weighted by Crippen LogP contribution is -2.25. The molecule has 2 aromatic carbocycles. The van der Waals surface area contributed by atoms with Crippen molar-refractivity contribution in [3.63, 3.8) is 0 Å². The zero-order valence-corrected chi connectivity index (χ0v) is 21.9. The predicted molar refractivity (Wildman–Crippen MR) is 144 cm³/mol. The largest absolute Gasteiger partial charge is 0.347 e. The average molecular weight is 505 g/mol. The van der Waals surface area contributed by atoms with Crippen LogP contribution in [0.3, 0.4) is 0 Å². The molecule has 0 aliphatic heterocycles. The van der Waals surface area contributed by atoms with Gasteiger partial charge in [0.15, 0.2) is 0 Å². The molecule has 1 amide bonds. The third-order valence-corrected chi connectivity index (χ3v) is 7.46. The third kappa shape index (κ3) is 5.60. The van der Waals surface area contributed by atoms with Crippen molar-refractivity contribution in [2.75, 3.05) is 4.72 Å². The number of fused-ring (bicyclic) bond motifs is 1. The highest BCUT2D eigenvalue weighted by Gasteiger charge is 2.19. The second-order valence-electron chi connectivity index (χ2n) is 9.87. The Hall–Kier alpha value is -3.65. The predicted octanol–water partition coefficient (Wildman–Crippen LogP) is 5.47. The fraction of sp³-hybridized carbons (Fsp3) is 0.286. The second-order valence-corrected chi connectivity index (χ2v) is 11.6. The van der Waals surface area contributed by atoms with Gasteiger partial charge in [-0.15, -0.1) is 0 Å². The Morgan fingerprint density at radius 1 is 0.972 bits per heavy atom. The lowest BCUT2D eigenvalue weighted by molar-refractivity contribution is 0.0942. The summed E-state index contributed by atoms with van der Waals surface area (Å²) in [4.78, 5) is 17.2. The number of rotatable bonds is 8. The van der Waals surface area contributed by atoms with Crippen molar-refractivity contribution in [3.05, 3.63) is 89.9 Å². The molecule has 0 fully saturated rings. The monoisotopic (exact) mass is 504 g/mol. The van der Waals surface area contributed by atoms with Crippen molar-refractivity contribution in [2.45, 2.75) is 57.5 Å². The summed E-state index contributed by atoms with van der Waals surface area (Å²) in [5.74, 6) is -0.183. The van der Waals surface area contributed by atoms with Crippen LogP contribution in [-0.4, -0.2) is 23.9 Å². The molecule has 36 heavy (non-hydrogen) atoms. The maximum atomic E-state index is 13.0. The van der Waals surface area contributed by atoms with E-state index in [1.54, 1.807) is 36.7 Å². The molecule has 0 aliphatic rings. The normalized spacial score (nSPS) is 12.0. The zero-order valence-electron chi connectivity index (χ0n) is 21.1. The summed E-state index contributed by atoms with van der Waals surface area (Å²) in [5, 5.41) is 3.76. The molecular weight excluding hydrogens is 472 g/mol. The minimum atomic E-state index is -3.75. The van der Waals surface area contributed by atoms with Crippen molar-refractivity contribution in [3.8, 4) is 0 Å². The number of aromatic nitrogens is 2. The first-order valence-corrected chi connectivity index (χ1v) is 13.5. The fourth-order valence-corrected chi connectivity index (χ4v) is 5.16. The highest BCUT2D eigenvalue weighted by atomic mass is 32.2. The zero-order chi connectivity index (χ0) is 25.9. The van der Waals surface area contributed by atoms with Crippen molar-refractivity contribution in [1.82, 2.24) is 14.9 Å². The number of pyridine rings is 1. The molecule has 0 bridgehead atoms. The van der Waals surface area contributed by atoms with Gasteiger partial charge in [0.25, 0.3) is 15.9 Å². The van der Waals surface area contributed by atoms with E-state index in [0.29, 0.717) is 24.5 Å². The summed E-state index contributed by atoms with van der Waals surface area (Å²) in [5.41, 5.74) is 3.83. The van der Waals surface area contributed by atoms with Gasteiger partial charge >= 0.3 is 0 Å². The van der Waals surface area contributed by atoms with Crippen LogP contribution in [0, 0.1) is 0 Å². The molecule has 8 heteroatoms. The maximum Gasteiger partial charge on any atom is 0.268 e. The molecule has 7 nitrogen and oxygen atoms in total. The van der Waals surface area contributed by atoms with Crippen LogP contribution in [0.15, 0.2) is 78.0 Å². The van der Waals surface area contributed by atoms with Gasteiger partial charge in [0.2, 0.25) is 0 Å². The van der Waals surface area contributed by atoms with Gasteiger partial charge in [0.1, 0.15) is 5.69 Å². The van der Waals surface area contributed by atoms with Crippen LogP contribution in [0.4, 0.5) is 5.69 Å². The third-order valence-electron chi connectivity index (χ3n) is 6.07. The summed E-state index contributed by atoms with van der Waals surface area (Å²) >= 11 is 0. The first-order valence-electron chi connectivity index (χ1n) is 12.0. The molecule has 2 aromatic heterocycles. The van der Waals surface area contributed by atoms with E-state index in [4.69, 9.17) is 0 Å². The molecule has 0 saturated carbocycles. The van der Waals surface area contributed by atoms with E-state index >= 15 is 0 Å². The Morgan fingerprint density at radius 3 is 2.31 bits per heavy atom. The van der Waals surface area contributed by atoms with Crippen LogP contribution in [0.25, 0.3) is 10.9 Å². The average Bonchev–Trinajstić information content (AvgIpc) is 3.20. The topological polar surface area (TPSA) is 93.1 Å². The van der Waals surface area contributed by atoms with E-state index in [-0.39, 0.29) is 16.2 Å². The van der Waals surface area contributed by atoms with Gasteiger partial charge in [-0.05, 0) is 71.5 Å². The van der Waals surface area contributed by atoms with Gasteiger partial charge in [-0.25, -0.2) is 8.42 Å². The Kier molecular flexibility index (Phi) is 7.17. The SMILES string of the molecule is CCCn1c(C(=O)NCc2ccncc2)cc2cc(NS(=O)(=O)c3ccc(C(C)(C)C)cc3)ccc21. The van der Waals surface area contributed by atoms with E-state index in [2.05, 4.69) is 42.7 Å². The minimum Gasteiger partial charge on any atom is -0.347 e. The van der Waals surface area contributed by atoms with Crippen LogP contribution in [0.1, 0.15) is 55.7 Å². The number of anilines is 1. The van der Waals surface area contributed by atoms with Gasteiger partial charge in [-0.1, -0.05) is 39.8 Å². The number of carbonyl (C=O) groups excluding carboxylic acids is 1. The fourth-order valence-electron chi connectivity index (χ4n) is 4.11. The van der Waals surface area contributed by atoms with Crippen molar-refractivity contribution < 1.29 is 13.2 Å². The molecule has 188 valence electrons. The summed E-state index contributed by atoms with van der Waals surface area (Å²) in [6.07, 6.45) is 4.24. The number of amides is 1. The Balaban J connectivity index is 1.58. The molecule has 0 aliphatic carbocycles. The Bertz CT molecular complexity index is 1470. The number of aryl methyl sites for hydroxylation is 1. The van der Waals surface area contributed by atoms with E-state index < -0.39 is 10.0 Å². The standard InChI is InChI=1S/C28H32N4O3S/c1-5-16-32-25-11-8-23(31-36(34,35)24-9-6-22(7-10-24)28(2,3)4)17-21(25)18-26(32)27(33)30-19-20-12-14-29-15-13-20/h6-15,17-18,31H,5,16,19H2,1-4H3,(H,30,33). The van der Waals surface area contributed by atoms with Gasteiger partial charge in [0, 0.05) is 42.1 Å². The molecule has 4 aromatic rings. The van der Waals surface area contributed by atoms with Crippen LogP contribution in [0.2, 0.25) is 0 Å². The van der Waals surface area contributed by atoms with Crippen molar-refractivity contribution in [2.24, 2.45) is 0 Å². The number of carbonyl (C=O) groups is 1. The van der Waals surface area contributed by atoms with E-state index in [9.17, 15) is 13.2 Å². The number of sulfonamides is 1. The van der Waals surface area contributed by atoms with Crippen molar-refractivity contribution >= 4 is 32.5 Å². The van der Waals surface area contributed by atoms with Gasteiger partial charge < -0.3 is 9.88 Å². The number of nitrogens with one attached hydrogen (secondary N) is 2. The van der Waals surface area contributed by atoms with Gasteiger partial charge in [0.05, 0.1) is 4.90 Å². The number of benzene rings is 2. The number of hydrogen-bond donors (Lipinski definition) is 2. The number of hydrogen-bond acceptors (Lipinski definition) is 4. The summed E-state index contributed by atoms with van der Waals surface area (Å²) in [6.45, 7) is 9.38. The Morgan fingerprint density at radius 2 is 1.67 bits per heavy atom. The number of nitrogens with zero attached hydrogens (tertiary/aromatic N) is 2. The van der Waals surface area contributed by atoms with E-state index in [0.717, 1.165) is 28.5 Å². The van der Waals surface area contributed by atoms with E-state index in [1.807, 2.05) is 41.0 Å². The minimum absolute atomic E-state index is 0.0608. The summed E-state index contributed by atoms with van der Waals surface area (Å²) in [7, 11) is -3.75. The molecule has 0 unspecified atom stereocenters. The highest BCUT2D eigenvalue weighted by molar-refractivity contribution is 7.92. The lowest BCUT2D eigenvalue weighted by atomic mass is 9.87. The first-order chi connectivity index (χ1) is 17.1. The molecule has 4 rings (SSSR count). The molecule has 0 spiro atoms. The van der Waals surface area contributed by atoms with Gasteiger partial charge in [-0.2, -0.15) is 0 Å². The summed E-state index contributed by atoms with van der Waals surface area (Å²) < 4.78 is 30.7. The lowest BCUT2D eigenvalue weighted by Gasteiger charge is -2.19.